The molecule has 5 heteroatoms. The summed E-state index contributed by atoms with van der Waals surface area (Å²) in [6, 6.07) is 5.22. The molecule has 2 rings (SSSR count). The number of hydrogen-bond donors (Lipinski definition) is 1. The lowest BCUT2D eigenvalue weighted by atomic mass is 10.1. The van der Waals surface area contributed by atoms with E-state index in [4.69, 9.17) is 0 Å². The molecule has 0 unspecified atom stereocenters. The number of rotatable bonds is 1. The lowest BCUT2D eigenvalue weighted by Crippen LogP contribution is -1.89. The van der Waals surface area contributed by atoms with Gasteiger partial charge in [-0.1, -0.05) is 6.07 Å². The molecule has 0 bridgehead atoms. The average molecular weight is 259 g/mol. The Labute approximate surface area is 87.1 Å². The topological polar surface area (TPSA) is 28.7 Å². The van der Waals surface area contributed by atoms with Gasteiger partial charge in [0.2, 0.25) is 0 Å². The van der Waals surface area contributed by atoms with Crippen LogP contribution >= 0.6 is 15.9 Å². The molecule has 0 radical (unpaired) electrons. The smallest absolute Gasteiger partial charge is 0.135 e. The molecule has 0 spiro atoms. The first kappa shape index (κ1) is 9.33. The van der Waals surface area contributed by atoms with Crippen molar-refractivity contribution in [2.75, 3.05) is 0 Å². The minimum Gasteiger partial charge on any atom is -0.271 e. The summed E-state index contributed by atoms with van der Waals surface area (Å²) in [5, 5.41) is 6.31. The van der Waals surface area contributed by atoms with Gasteiger partial charge in [0.15, 0.2) is 0 Å². The number of aromatic amines is 1. The van der Waals surface area contributed by atoms with Crippen molar-refractivity contribution in [1.29, 1.82) is 0 Å². The van der Waals surface area contributed by atoms with Gasteiger partial charge in [0.25, 0.3) is 0 Å². The Morgan fingerprint density at radius 3 is 2.36 bits per heavy atom. The maximum Gasteiger partial charge on any atom is 0.135 e. The Balaban J connectivity index is 2.61. The van der Waals surface area contributed by atoms with Gasteiger partial charge in [-0.2, -0.15) is 5.10 Å². The van der Waals surface area contributed by atoms with Crippen LogP contribution in [0.1, 0.15) is 0 Å². The second-order valence-corrected chi connectivity index (χ2v) is 3.55. The Bertz CT molecular complexity index is 447. The molecule has 0 fully saturated rings. The molecule has 0 aliphatic heterocycles. The van der Waals surface area contributed by atoms with Crippen molar-refractivity contribution in [2.24, 2.45) is 0 Å². The maximum absolute atomic E-state index is 13.2. The highest BCUT2D eigenvalue weighted by molar-refractivity contribution is 9.10. The minimum absolute atomic E-state index is 0.116. The van der Waals surface area contributed by atoms with Crippen molar-refractivity contribution < 1.29 is 8.78 Å². The quantitative estimate of drug-likeness (QED) is 0.837. The monoisotopic (exact) mass is 258 g/mol. The van der Waals surface area contributed by atoms with E-state index in [2.05, 4.69) is 26.1 Å². The highest BCUT2D eigenvalue weighted by atomic mass is 79.9. The number of aromatic nitrogens is 2. The first-order valence-electron chi connectivity index (χ1n) is 3.84. The third kappa shape index (κ3) is 1.55. The first-order valence-corrected chi connectivity index (χ1v) is 4.63. The summed E-state index contributed by atoms with van der Waals surface area (Å²) in [7, 11) is 0. The fourth-order valence-electron chi connectivity index (χ4n) is 1.17. The zero-order valence-corrected chi connectivity index (χ0v) is 8.48. The number of benzene rings is 1. The molecule has 1 heterocycles. The van der Waals surface area contributed by atoms with Gasteiger partial charge in [-0.15, -0.1) is 0 Å². The standard InChI is InChI=1S/C9H5BrF2N2/c10-8-4-7(13-14-8)9-5(11)2-1-3-6(9)12/h1-4H,(H,13,14). The molecule has 14 heavy (non-hydrogen) atoms. The van der Waals surface area contributed by atoms with E-state index in [0.29, 0.717) is 4.60 Å². The van der Waals surface area contributed by atoms with E-state index in [9.17, 15) is 8.78 Å². The molecule has 0 saturated heterocycles. The van der Waals surface area contributed by atoms with Crippen LogP contribution in [-0.4, -0.2) is 10.2 Å². The van der Waals surface area contributed by atoms with E-state index in [1.807, 2.05) is 0 Å². The van der Waals surface area contributed by atoms with Gasteiger partial charge in [-0.05, 0) is 34.1 Å². The Morgan fingerprint density at radius 1 is 1.21 bits per heavy atom. The van der Waals surface area contributed by atoms with Crippen molar-refractivity contribution in [3.63, 3.8) is 0 Å². The molecule has 0 amide bonds. The van der Waals surface area contributed by atoms with Crippen molar-refractivity contribution in [3.8, 4) is 11.3 Å². The van der Waals surface area contributed by atoms with Crippen LogP contribution in [0.5, 0.6) is 0 Å². The van der Waals surface area contributed by atoms with Crippen LogP contribution in [0.4, 0.5) is 8.78 Å². The number of hydrogen-bond acceptors (Lipinski definition) is 1. The predicted octanol–water partition coefficient (Wildman–Crippen LogP) is 3.12. The summed E-state index contributed by atoms with van der Waals surface area (Å²) in [6.45, 7) is 0. The SMILES string of the molecule is Fc1cccc(F)c1-c1cc(Br)[nH]n1. The molecule has 0 saturated carbocycles. The fraction of sp³-hybridized carbons (Fsp3) is 0. The van der Waals surface area contributed by atoms with E-state index < -0.39 is 11.6 Å². The van der Waals surface area contributed by atoms with Crippen LogP contribution in [0.3, 0.4) is 0 Å². The molecule has 0 aliphatic carbocycles. The summed E-state index contributed by atoms with van der Waals surface area (Å²) < 4.78 is 27.1. The minimum atomic E-state index is -0.621. The molecule has 1 aromatic carbocycles. The van der Waals surface area contributed by atoms with Gasteiger partial charge in [-0.3, -0.25) is 5.10 Å². The third-order valence-corrected chi connectivity index (χ3v) is 2.17. The molecule has 0 atom stereocenters. The molecule has 1 N–H and O–H groups in total. The van der Waals surface area contributed by atoms with Gasteiger partial charge in [0, 0.05) is 0 Å². The van der Waals surface area contributed by atoms with Crippen LogP contribution in [-0.2, 0) is 0 Å². The number of H-pyrrole nitrogens is 1. The van der Waals surface area contributed by atoms with Crippen LogP contribution in [0.15, 0.2) is 28.9 Å². The van der Waals surface area contributed by atoms with Crippen LogP contribution < -0.4 is 0 Å². The highest BCUT2D eigenvalue weighted by Gasteiger charge is 2.13. The van der Waals surface area contributed by atoms with Gasteiger partial charge in [-0.25, -0.2) is 8.78 Å². The second kappa shape index (κ2) is 3.49. The second-order valence-electron chi connectivity index (χ2n) is 2.70. The Hall–Kier alpha value is -1.23. The lowest BCUT2D eigenvalue weighted by molar-refractivity contribution is 0.588. The van der Waals surface area contributed by atoms with Crippen LogP contribution in [0, 0.1) is 11.6 Å². The first-order chi connectivity index (χ1) is 6.68. The summed E-state index contributed by atoms with van der Waals surface area (Å²) in [6.07, 6.45) is 0. The lowest BCUT2D eigenvalue weighted by Gasteiger charge is -1.99. The number of nitrogens with zero attached hydrogens (tertiary/aromatic N) is 1. The van der Waals surface area contributed by atoms with E-state index in [0.717, 1.165) is 0 Å². The Kier molecular flexibility index (Phi) is 2.33. The Morgan fingerprint density at radius 2 is 1.86 bits per heavy atom. The third-order valence-electron chi connectivity index (χ3n) is 1.77. The average Bonchev–Trinajstić information content (AvgIpc) is 2.51. The highest BCUT2D eigenvalue weighted by Crippen LogP contribution is 2.25. The summed E-state index contributed by atoms with van der Waals surface area (Å²) in [4.78, 5) is 0. The van der Waals surface area contributed by atoms with Gasteiger partial charge < -0.3 is 0 Å². The van der Waals surface area contributed by atoms with Gasteiger partial charge >= 0.3 is 0 Å². The zero-order chi connectivity index (χ0) is 10.1. The largest absolute Gasteiger partial charge is 0.271 e. The zero-order valence-electron chi connectivity index (χ0n) is 6.89. The van der Waals surface area contributed by atoms with Crippen molar-refractivity contribution in [1.82, 2.24) is 10.2 Å². The molecule has 2 nitrogen and oxygen atoms in total. The predicted molar refractivity (Wildman–Crippen MR) is 51.6 cm³/mol. The van der Waals surface area contributed by atoms with E-state index in [1.165, 1.54) is 24.3 Å². The number of nitrogens with one attached hydrogen (secondary N) is 1. The molecule has 0 aliphatic rings. The van der Waals surface area contributed by atoms with E-state index in [1.54, 1.807) is 0 Å². The van der Waals surface area contributed by atoms with Crippen LogP contribution in [0.25, 0.3) is 11.3 Å². The molecule has 1 aromatic heterocycles. The van der Waals surface area contributed by atoms with Crippen molar-refractivity contribution in [2.45, 2.75) is 0 Å². The van der Waals surface area contributed by atoms with Gasteiger partial charge in [0.1, 0.15) is 16.2 Å². The summed E-state index contributed by atoms with van der Waals surface area (Å²) in [5.41, 5.74) is 0.127. The van der Waals surface area contributed by atoms with Crippen LogP contribution in [0.2, 0.25) is 0 Å². The summed E-state index contributed by atoms with van der Waals surface area (Å²) >= 11 is 3.12. The normalized spacial score (nSPS) is 10.5. The van der Waals surface area contributed by atoms with Gasteiger partial charge in [0.05, 0.1) is 11.3 Å². The van der Waals surface area contributed by atoms with Crippen molar-refractivity contribution in [3.05, 3.63) is 40.5 Å². The molecule has 2 aromatic rings. The summed E-state index contributed by atoms with van der Waals surface area (Å²) in [5.74, 6) is -1.24. The van der Waals surface area contributed by atoms with E-state index >= 15 is 0 Å². The number of halogens is 3. The fourth-order valence-corrected chi connectivity index (χ4v) is 1.47. The maximum atomic E-state index is 13.2. The molecular weight excluding hydrogens is 254 g/mol. The molecular formula is C9H5BrF2N2. The molecule has 72 valence electrons. The van der Waals surface area contributed by atoms with Crippen molar-refractivity contribution >= 4 is 15.9 Å². The van der Waals surface area contributed by atoms with E-state index in [-0.39, 0.29) is 11.3 Å².